The molecular weight excluding hydrogens is 296 g/mol. The third-order valence-electron chi connectivity index (χ3n) is 0.578. The molecule has 0 aromatic rings. The van der Waals surface area contributed by atoms with E-state index >= 15 is 0 Å². The van der Waals surface area contributed by atoms with Gasteiger partial charge in [-0.25, -0.2) is 4.89 Å². The zero-order valence-corrected chi connectivity index (χ0v) is 11.0. The maximum atomic E-state index is 10.8. The van der Waals surface area contributed by atoms with Crippen molar-refractivity contribution in [3.8, 4) is 0 Å². The van der Waals surface area contributed by atoms with Gasteiger partial charge in [0.1, 0.15) is 0 Å². The van der Waals surface area contributed by atoms with Crippen LogP contribution in [0.15, 0.2) is 0 Å². The van der Waals surface area contributed by atoms with E-state index in [0.29, 0.717) is 9.83 Å². The molecule has 7 nitrogen and oxygen atoms in total. The van der Waals surface area contributed by atoms with Gasteiger partial charge in [0, 0.05) is 9.83 Å². The molecule has 0 fully saturated rings. The Hall–Kier alpha value is 0.830. The molecule has 0 saturated heterocycles. The molecule has 0 bridgehead atoms. The lowest BCUT2D eigenvalue weighted by Crippen LogP contribution is -1.97. The normalized spacial score (nSPS) is 13.0. The van der Waals surface area contributed by atoms with Crippen LogP contribution in [0.2, 0.25) is 0 Å². The van der Waals surface area contributed by atoms with Gasteiger partial charge in [0.15, 0.2) is 0 Å². The Balaban J connectivity index is 3.98. The van der Waals surface area contributed by atoms with Crippen LogP contribution in [0.3, 0.4) is 0 Å². The highest BCUT2D eigenvalue weighted by molar-refractivity contribution is 9.33. The van der Waals surface area contributed by atoms with Crippen LogP contribution in [-0.2, 0) is 31.7 Å². The summed E-state index contributed by atoms with van der Waals surface area (Å²) in [5.74, 6) is 0. The highest BCUT2D eigenvalue weighted by Gasteiger charge is 2.18. The van der Waals surface area contributed by atoms with Crippen LogP contribution in [0.1, 0.15) is 0 Å². The van der Waals surface area contributed by atoms with Gasteiger partial charge in [0.2, 0.25) is 0 Å². The minimum Gasteiger partial charge on any atom is -0.265 e. The summed E-state index contributed by atoms with van der Waals surface area (Å²) in [4.78, 5) is 3.90. The van der Waals surface area contributed by atoms with Gasteiger partial charge in [-0.2, -0.15) is 16.8 Å². The number of rotatable bonds is 7. The minimum absolute atomic E-state index is 0.191. The largest absolute Gasteiger partial charge is 0.359 e. The molecule has 14 heavy (non-hydrogen) atoms. The van der Waals surface area contributed by atoms with E-state index in [9.17, 15) is 16.8 Å². The zero-order valence-electron chi connectivity index (χ0n) is 6.90. The maximum absolute atomic E-state index is 10.8. The maximum Gasteiger partial charge on any atom is 0.359 e. The highest BCUT2D eigenvalue weighted by Crippen LogP contribution is 2.42. The third-order valence-corrected chi connectivity index (χ3v) is 10.6. The smallest absolute Gasteiger partial charge is 0.265 e. The van der Waals surface area contributed by atoms with E-state index in [1.54, 1.807) is 0 Å². The van der Waals surface area contributed by atoms with Crippen molar-refractivity contribution in [3.05, 3.63) is 0 Å². The van der Waals surface area contributed by atoms with Crippen molar-refractivity contribution in [2.24, 2.45) is 0 Å². The van der Waals surface area contributed by atoms with Crippen molar-refractivity contribution < 1.29 is 30.2 Å². The molecule has 0 spiro atoms. The molecule has 0 amide bonds. The quantitative estimate of drug-likeness (QED) is 0.380. The third kappa shape index (κ3) is 7.17. The van der Waals surface area contributed by atoms with E-state index in [-0.39, 0.29) is 19.7 Å². The zero-order chi connectivity index (χ0) is 11.2. The highest BCUT2D eigenvalue weighted by atomic mass is 33.8. The second-order valence-corrected chi connectivity index (χ2v) is 11.3. The lowest BCUT2D eigenvalue weighted by Gasteiger charge is -1.99. The molecule has 12 heteroatoms. The Bertz CT molecular complexity index is 340. The molecule has 0 atom stereocenters. The van der Waals surface area contributed by atoms with Gasteiger partial charge >= 0.3 is 18.3 Å². The first-order valence-corrected chi connectivity index (χ1v) is 9.98. The number of hydrogen-bond donors (Lipinski definition) is 0. The summed E-state index contributed by atoms with van der Waals surface area (Å²) in [6.45, 7) is 0. The van der Waals surface area contributed by atoms with Crippen LogP contribution >= 0.6 is 29.5 Å². The fraction of sp³-hybridized carbons (Fsp3) is 1.00. The Morgan fingerprint density at radius 2 is 1.43 bits per heavy atom. The summed E-state index contributed by atoms with van der Waals surface area (Å²) in [5, 5.41) is 0. The SMILES string of the molecule is COOS(=O)(=O)SSSS(=O)(=O)OC. The van der Waals surface area contributed by atoms with E-state index < -0.39 is 18.3 Å². The molecule has 86 valence electrons. The predicted octanol–water partition coefficient (Wildman–Crippen LogP) is 0.730. The second kappa shape index (κ2) is 6.42. The van der Waals surface area contributed by atoms with Crippen LogP contribution in [0.4, 0.5) is 0 Å². The topological polar surface area (TPSA) is 96.0 Å². The van der Waals surface area contributed by atoms with Crippen molar-refractivity contribution in [2.75, 3.05) is 14.2 Å². The standard InChI is InChI=1S/C2H6O7S5/c1-7-9-14(5,6)12-10-11-13(3,4)8-2/h1-2H3. The average Bonchev–Trinajstić information content (AvgIpc) is 2.03. The molecule has 0 aromatic heterocycles. The van der Waals surface area contributed by atoms with Crippen LogP contribution in [0.5, 0.6) is 0 Å². The molecule has 0 heterocycles. The fourth-order valence-electron chi connectivity index (χ4n) is 0.202. The molecule has 0 saturated carbocycles. The number of hydrogen-bond acceptors (Lipinski definition) is 10. The van der Waals surface area contributed by atoms with Gasteiger partial charge in [0.05, 0.1) is 33.9 Å². The lowest BCUT2D eigenvalue weighted by molar-refractivity contribution is -0.169. The monoisotopic (exact) mass is 302 g/mol. The summed E-state index contributed by atoms with van der Waals surface area (Å²) < 4.78 is 50.8. The van der Waals surface area contributed by atoms with Crippen molar-refractivity contribution in [2.45, 2.75) is 0 Å². The lowest BCUT2D eigenvalue weighted by atomic mass is 11.8. The van der Waals surface area contributed by atoms with E-state index in [1.807, 2.05) is 0 Å². The van der Waals surface area contributed by atoms with Crippen molar-refractivity contribution >= 4 is 47.8 Å². The van der Waals surface area contributed by atoms with Crippen LogP contribution < -0.4 is 0 Å². The molecule has 0 rings (SSSR count). The van der Waals surface area contributed by atoms with E-state index in [1.165, 1.54) is 0 Å². The Morgan fingerprint density at radius 1 is 0.929 bits per heavy atom. The molecule has 0 aliphatic heterocycles. The fourth-order valence-corrected chi connectivity index (χ4v) is 9.74. The molecule has 0 unspecified atom stereocenters. The molecular formula is C2H6O7S5. The Morgan fingerprint density at radius 3 is 1.86 bits per heavy atom. The van der Waals surface area contributed by atoms with Crippen molar-refractivity contribution in [1.82, 2.24) is 0 Å². The molecule has 0 aromatic carbocycles. The summed E-state index contributed by atoms with van der Waals surface area (Å²) in [5.41, 5.74) is 0. The van der Waals surface area contributed by atoms with Crippen LogP contribution in [-0.4, -0.2) is 31.1 Å². The molecule has 0 aliphatic carbocycles. The van der Waals surface area contributed by atoms with Crippen LogP contribution in [0.25, 0.3) is 0 Å². The van der Waals surface area contributed by atoms with Crippen LogP contribution in [0, 0.1) is 0 Å². The summed E-state index contributed by atoms with van der Waals surface area (Å²) in [6, 6.07) is 0. The summed E-state index contributed by atoms with van der Waals surface area (Å²) in [7, 11) is -4.83. The van der Waals surface area contributed by atoms with Gasteiger partial charge in [-0.1, -0.05) is 4.33 Å². The van der Waals surface area contributed by atoms with E-state index in [2.05, 4.69) is 13.4 Å². The van der Waals surface area contributed by atoms with Crippen molar-refractivity contribution in [3.63, 3.8) is 0 Å². The van der Waals surface area contributed by atoms with Gasteiger partial charge in [-0.05, 0) is 0 Å². The van der Waals surface area contributed by atoms with Gasteiger partial charge < -0.3 is 0 Å². The van der Waals surface area contributed by atoms with Gasteiger partial charge in [-0.3, -0.25) is 4.18 Å². The van der Waals surface area contributed by atoms with E-state index in [0.717, 1.165) is 14.2 Å². The average molecular weight is 302 g/mol. The van der Waals surface area contributed by atoms with Gasteiger partial charge in [0.25, 0.3) is 0 Å². The summed E-state index contributed by atoms with van der Waals surface area (Å²) in [6.07, 6.45) is 0. The first kappa shape index (κ1) is 14.8. The Kier molecular flexibility index (Phi) is 6.80. The second-order valence-electron chi connectivity index (χ2n) is 1.42. The first-order valence-electron chi connectivity index (χ1n) is 2.65. The molecule has 0 aliphatic rings. The van der Waals surface area contributed by atoms with Gasteiger partial charge in [-0.15, -0.1) is 0 Å². The van der Waals surface area contributed by atoms with Crippen molar-refractivity contribution in [1.29, 1.82) is 0 Å². The molecule has 0 N–H and O–H groups in total. The first-order chi connectivity index (χ1) is 6.33. The summed E-state index contributed by atoms with van der Waals surface area (Å²) >= 11 is 0. The Labute approximate surface area is 92.0 Å². The predicted molar refractivity (Wildman–Crippen MR) is 55.7 cm³/mol. The van der Waals surface area contributed by atoms with E-state index in [4.69, 9.17) is 0 Å². The minimum atomic E-state index is -3.95. The molecule has 0 radical (unpaired) electrons.